The predicted octanol–water partition coefficient (Wildman–Crippen LogP) is 2.00. The van der Waals surface area contributed by atoms with Crippen molar-refractivity contribution in [2.45, 2.75) is 20.0 Å². The Labute approximate surface area is 149 Å². The van der Waals surface area contributed by atoms with Crippen molar-refractivity contribution < 1.29 is 19.0 Å². The van der Waals surface area contributed by atoms with Crippen molar-refractivity contribution in [2.24, 2.45) is 5.92 Å². The number of nitrogens with one attached hydrogen (secondary N) is 1. The second kappa shape index (κ2) is 12.2. The fourth-order valence-electron chi connectivity index (χ4n) is 2.20. The van der Waals surface area contributed by atoms with Gasteiger partial charge in [0.15, 0.2) is 0 Å². The zero-order valence-electron chi connectivity index (χ0n) is 14.5. The summed E-state index contributed by atoms with van der Waals surface area (Å²) in [5.41, 5.74) is 0.597. The first-order chi connectivity index (χ1) is 10.9. The van der Waals surface area contributed by atoms with E-state index in [0.717, 1.165) is 0 Å². The number of benzene rings is 1. The molecule has 1 aromatic carbocycles. The molecule has 0 aliphatic heterocycles. The van der Waals surface area contributed by atoms with Crippen LogP contribution in [0.4, 0.5) is 4.39 Å². The summed E-state index contributed by atoms with van der Waals surface area (Å²) in [4.78, 5) is 14.0. The Morgan fingerprint density at radius 3 is 2.46 bits per heavy atom. The van der Waals surface area contributed by atoms with Crippen LogP contribution in [0.5, 0.6) is 0 Å². The van der Waals surface area contributed by atoms with Gasteiger partial charge in [0.05, 0.1) is 25.8 Å². The molecular weight excluding hydrogens is 335 g/mol. The van der Waals surface area contributed by atoms with Crippen molar-refractivity contribution in [1.82, 2.24) is 10.2 Å². The molecule has 24 heavy (non-hydrogen) atoms. The van der Waals surface area contributed by atoms with Crippen LogP contribution in [0, 0.1) is 11.7 Å². The normalized spacial score (nSPS) is 11.9. The molecule has 0 saturated carbocycles. The number of hydrogen-bond acceptors (Lipinski definition) is 4. The summed E-state index contributed by atoms with van der Waals surface area (Å²) in [7, 11) is 1.60. The third kappa shape index (κ3) is 8.59. The minimum Gasteiger partial charge on any atom is -0.387 e. The number of carbonyl (C=O) groups is 1. The summed E-state index contributed by atoms with van der Waals surface area (Å²) in [6, 6.07) is 5.68. The van der Waals surface area contributed by atoms with Gasteiger partial charge in [-0.2, -0.15) is 0 Å². The fourth-order valence-corrected chi connectivity index (χ4v) is 2.20. The van der Waals surface area contributed by atoms with Crippen LogP contribution in [0.15, 0.2) is 24.3 Å². The van der Waals surface area contributed by atoms with Gasteiger partial charge in [0, 0.05) is 20.2 Å². The summed E-state index contributed by atoms with van der Waals surface area (Å²) in [6.07, 6.45) is -0.836. The maximum absolute atomic E-state index is 13.0. The first-order valence-corrected chi connectivity index (χ1v) is 7.85. The Morgan fingerprint density at radius 1 is 1.29 bits per heavy atom. The van der Waals surface area contributed by atoms with Gasteiger partial charge >= 0.3 is 0 Å². The zero-order chi connectivity index (χ0) is 17.2. The highest BCUT2D eigenvalue weighted by Crippen LogP contribution is 2.15. The molecule has 1 aromatic rings. The Hall–Kier alpha value is -1.21. The van der Waals surface area contributed by atoms with E-state index < -0.39 is 6.10 Å². The number of aliphatic hydroxyl groups excluding tert-OH is 1. The lowest BCUT2D eigenvalue weighted by molar-refractivity contribution is -0.132. The molecule has 7 heteroatoms. The van der Waals surface area contributed by atoms with Gasteiger partial charge < -0.3 is 20.1 Å². The Kier molecular flexibility index (Phi) is 11.6. The monoisotopic (exact) mass is 362 g/mol. The van der Waals surface area contributed by atoms with Crippen LogP contribution in [0.2, 0.25) is 0 Å². The van der Waals surface area contributed by atoms with Crippen LogP contribution >= 0.6 is 12.4 Å². The number of rotatable bonds is 10. The highest BCUT2D eigenvalue weighted by Gasteiger charge is 2.19. The van der Waals surface area contributed by atoms with E-state index in [1.54, 1.807) is 12.0 Å². The summed E-state index contributed by atoms with van der Waals surface area (Å²) in [5, 5.41) is 13.3. The van der Waals surface area contributed by atoms with E-state index in [-0.39, 0.29) is 37.2 Å². The molecule has 1 amide bonds. The van der Waals surface area contributed by atoms with Gasteiger partial charge in [-0.3, -0.25) is 4.79 Å². The topological polar surface area (TPSA) is 61.8 Å². The highest BCUT2D eigenvalue weighted by molar-refractivity contribution is 5.85. The Balaban J connectivity index is 0.00000529. The van der Waals surface area contributed by atoms with E-state index in [0.29, 0.717) is 31.2 Å². The molecule has 0 aromatic heterocycles. The van der Waals surface area contributed by atoms with Crippen LogP contribution in [0.25, 0.3) is 0 Å². The molecule has 0 heterocycles. The lowest BCUT2D eigenvalue weighted by Crippen LogP contribution is -2.42. The zero-order valence-corrected chi connectivity index (χ0v) is 15.3. The van der Waals surface area contributed by atoms with Gasteiger partial charge in [0.25, 0.3) is 0 Å². The van der Waals surface area contributed by atoms with Crippen molar-refractivity contribution in [2.75, 3.05) is 39.9 Å². The molecule has 0 radical (unpaired) electrons. The summed E-state index contributed by atoms with van der Waals surface area (Å²) >= 11 is 0. The maximum Gasteiger partial charge on any atom is 0.236 e. The van der Waals surface area contributed by atoms with E-state index in [9.17, 15) is 14.3 Å². The van der Waals surface area contributed by atoms with Crippen LogP contribution in [-0.4, -0.2) is 55.8 Å². The van der Waals surface area contributed by atoms with Gasteiger partial charge in [-0.25, -0.2) is 4.39 Å². The predicted molar refractivity (Wildman–Crippen MR) is 94.8 cm³/mol. The Morgan fingerprint density at radius 2 is 1.92 bits per heavy atom. The molecule has 0 fully saturated rings. The number of halogens is 2. The number of hydrogen-bond donors (Lipinski definition) is 2. The third-order valence-electron chi connectivity index (χ3n) is 3.35. The van der Waals surface area contributed by atoms with Crippen molar-refractivity contribution in [3.05, 3.63) is 35.6 Å². The lowest BCUT2D eigenvalue weighted by Gasteiger charge is -2.27. The molecule has 1 rings (SSSR count). The first-order valence-electron chi connectivity index (χ1n) is 7.85. The van der Waals surface area contributed by atoms with Crippen LogP contribution in [0.3, 0.4) is 0 Å². The molecule has 1 unspecified atom stereocenters. The van der Waals surface area contributed by atoms with Gasteiger partial charge in [0.1, 0.15) is 5.82 Å². The van der Waals surface area contributed by atoms with Gasteiger partial charge in [0.2, 0.25) is 5.91 Å². The number of amides is 1. The third-order valence-corrected chi connectivity index (χ3v) is 3.35. The second-order valence-corrected chi connectivity index (χ2v) is 5.93. The molecule has 5 nitrogen and oxygen atoms in total. The lowest BCUT2D eigenvalue weighted by atomic mass is 10.1. The Bertz CT molecular complexity index is 471. The van der Waals surface area contributed by atoms with Gasteiger partial charge in [-0.1, -0.05) is 26.0 Å². The maximum atomic E-state index is 13.0. The number of ether oxygens (including phenoxy) is 1. The molecule has 0 saturated heterocycles. The van der Waals surface area contributed by atoms with E-state index in [1.165, 1.54) is 24.3 Å². The smallest absolute Gasteiger partial charge is 0.236 e. The van der Waals surface area contributed by atoms with E-state index in [4.69, 9.17) is 4.74 Å². The fraction of sp³-hybridized carbons (Fsp3) is 0.588. The summed E-state index contributed by atoms with van der Waals surface area (Å²) < 4.78 is 17.9. The van der Waals surface area contributed by atoms with Crippen molar-refractivity contribution >= 4 is 18.3 Å². The van der Waals surface area contributed by atoms with Crippen molar-refractivity contribution in [1.29, 1.82) is 0 Å². The number of aliphatic hydroxyl groups is 1. The van der Waals surface area contributed by atoms with Crippen molar-refractivity contribution in [3.8, 4) is 0 Å². The molecule has 138 valence electrons. The molecule has 0 bridgehead atoms. The van der Waals surface area contributed by atoms with E-state index in [1.807, 2.05) is 13.8 Å². The summed E-state index contributed by atoms with van der Waals surface area (Å²) in [5.74, 6) is -0.132. The average Bonchev–Trinajstić information content (AvgIpc) is 2.50. The molecule has 1 atom stereocenters. The number of nitrogens with zero attached hydrogens (tertiary/aromatic N) is 1. The number of carbonyl (C=O) groups excluding carboxylic acids is 1. The van der Waals surface area contributed by atoms with Crippen LogP contribution < -0.4 is 5.32 Å². The SMILES string of the molecule is COCCNCC(=O)N(CC(C)C)CC(O)c1ccc(F)cc1.Cl. The highest BCUT2D eigenvalue weighted by atomic mass is 35.5. The standard InChI is InChI=1S/C17H27FN2O3.ClH/c1-13(2)11-20(17(22)10-19-8-9-23-3)12-16(21)14-4-6-15(18)7-5-14;/h4-7,13,16,19,21H,8-12H2,1-3H3;1H. The van der Waals surface area contributed by atoms with Gasteiger partial charge in [-0.05, 0) is 23.6 Å². The number of methoxy groups -OCH3 is 1. The minimum absolute atomic E-state index is 0. The molecule has 0 spiro atoms. The van der Waals surface area contributed by atoms with Gasteiger partial charge in [-0.15, -0.1) is 12.4 Å². The van der Waals surface area contributed by atoms with Crippen molar-refractivity contribution in [3.63, 3.8) is 0 Å². The molecular formula is C17H28ClFN2O3. The van der Waals surface area contributed by atoms with E-state index in [2.05, 4.69) is 5.32 Å². The molecule has 0 aliphatic carbocycles. The first kappa shape index (κ1) is 22.8. The van der Waals surface area contributed by atoms with Crippen LogP contribution in [-0.2, 0) is 9.53 Å². The quantitative estimate of drug-likeness (QED) is 0.625. The second-order valence-electron chi connectivity index (χ2n) is 5.93. The average molecular weight is 363 g/mol. The van der Waals surface area contributed by atoms with Crippen LogP contribution in [0.1, 0.15) is 25.5 Å². The molecule has 2 N–H and O–H groups in total. The summed E-state index contributed by atoms with van der Waals surface area (Å²) in [6.45, 7) is 6.11. The largest absolute Gasteiger partial charge is 0.387 e. The minimum atomic E-state index is -0.836. The van der Waals surface area contributed by atoms with E-state index >= 15 is 0 Å². The molecule has 0 aliphatic rings.